The topological polar surface area (TPSA) is 29.1 Å². The maximum absolute atomic E-state index is 12.2. The number of carbonyl (C=O) groups excluding carboxylic acids is 1. The summed E-state index contributed by atoms with van der Waals surface area (Å²) in [5.41, 5.74) is 0.642. The number of halogens is 3. The van der Waals surface area contributed by atoms with Gasteiger partial charge in [-0.05, 0) is 59.5 Å². The van der Waals surface area contributed by atoms with E-state index >= 15 is 0 Å². The first kappa shape index (κ1) is 14.4. The second kappa shape index (κ2) is 6.44. The summed E-state index contributed by atoms with van der Waals surface area (Å²) in [6, 6.07) is 5.55. The Kier molecular flexibility index (Phi) is 5.15. The van der Waals surface area contributed by atoms with Crippen LogP contribution in [0.2, 0.25) is 5.02 Å². The number of rotatable bonds is 3. The first-order chi connectivity index (χ1) is 8.61. The van der Waals surface area contributed by atoms with Crippen LogP contribution in [0.15, 0.2) is 18.2 Å². The van der Waals surface area contributed by atoms with Crippen LogP contribution in [0.3, 0.4) is 0 Å². The van der Waals surface area contributed by atoms with Gasteiger partial charge in [-0.1, -0.05) is 18.0 Å². The van der Waals surface area contributed by atoms with Crippen LogP contribution < -0.4 is 5.32 Å². The Hall–Kier alpha value is -0.000000000000000111. The van der Waals surface area contributed by atoms with Crippen molar-refractivity contribution in [3.05, 3.63) is 32.4 Å². The maximum Gasteiger partial charge on any atom is 0.252 e. The van der Waals surface area contributed by atoms with Crippen molar-refractivity contribution >= 4 is 51.7 Å². The Morgan fingerprint density at radius 1 is 1.44 bits per heavy atom. The van der Waals surface area contributed by atoms with Crippen molar-refractivity contribution in [3.63, 3.8) is 0 Å². The highest BCUT2D eigenvalue weighted by Gasteiger charge is 2.28. The smallest absolute Gasteiger partial charge is 0.252 e. The number of carbonyl (C=O) groups is 1. The fourth-order valence-corrected chi connectivity index (χ4v) is 3.45. The number of hydrogen-bond donors (Lipinski definition) is 1. The average Bonchev–Trinajstić information content (AvgIpc) is 2.79. The molecule has 0 spiro atoms. The summed E-state index contributed by atoms with van der Waals surface area (Å²) < 4.78 is 0.912. The van der Waals surface area contributed by atoms with E-state index in [4.69, 9.17) is 23.2 Å². The molecule has 0 radical (unpaired) electrons. The van der Waals surface area contributed by atoms with Crippen molar-refractivity contribution in [3.8, 4) is 0 Å². The lowest BCUT2D eigenvalue weighted by Crippen LogP contribution is -2.38. The summed E-state index contributed by atoms with van der Waals surface area (Å²) in [6.45, 7) is 0. The number of alkyl halides is 1. The zero-order valence-corrected chi connectivity index (χ0v) is 13.4. The van der Waals surface area contributed by atoms with Gasteiger partial charge >= 0.3 is 0 Å². The lowest BCUT2D eigenvalue weighted by Gasteiger charge is -2.19. The summed E-state index contributed by atoms with van der Waals surface area (Å²) in [6.07, 6.45) is 3.25. The molecule has 0 bridgehead atoms. The molecule has 1 aromatic carbocycles. The Morgan fingerprint density at radius 3 is 2.94 bits per heavy atom. The fraction of sp³-hybridized carbons (Fsp3) is 0.462. The highest BCUT2D eigenvalue weighted by molar-refractivity contribution is 14.1. The van der Waals surface area contributed by atoms with E-state index < -0.39 is 0 Å². The molecular formula is C13H14Cl2INO. The van der Waals surface area contributed by atoms with Gasteiger partial charge in [-0.15, -0.1) is 11.6 Å². The number of benzene rings is 1. The average molecular weight is 398 g/mol. The molecule has 2 rings (SSSR count). The predicted octanol–water partition coefficient (Wildman–Crippen LogP) is 4.08. The SMILES string of the molecule is O=C(NC1CCCC1CCl)c1cc(Cl)ccc1I. The summed E-state index contributed by atoms with van der Waals surface area (Å²) in [7, 11) is 0. The summed E-state index contributed by atoms with van der Waals surface area (Å²) in [5.74, 6) is 0.953. The second-order valence-corrected chi connectivity index (χ2v) is 6.46. The molecule has 1 fully saturated rings. The van der Waals surface area contributed by atoms with Crippen LogP contribution >= 0.6 is 45.8 Å². The van der Waals surface area contributed by atoms with Crippen LogP contribution in [0.25, 0.3) is 0 Å². The molecule has 5 heteroatoms. The summed E-state index contributed by atoms with van der Waals surface area (Å²) in [5, 5.41) is 3.66. The van der Waals surface area contributed by atoms with Crippen molar-refractivity contribution in [1.29, 1.82) is 0 Å². The molecule has 18 heavy (non-hydrogen) atoms. The molecule has 1 aromatic rings. The van der Waals surface area contributed by atoms with Crippen molar-refractivity contribution < 1.29 is 4.79 Å². The van der Waals surface area contributed by atoms with Crippen LogP contribution in [-0.2, 0) is 0 Å². The Bertz CT molecular complexity index is 453. The molecule has 1 saturated carbocycles. The van der Waals surface area contributed by atoms with Gasteiger partial charge in [-0.3, -0.25) is 4.79 Å². The van der Waals surface area contributed by atoms with Gasteiger partial charge in [0, 0.05) is 20.5 Å². The van der Waals surface area contributed by atoms with E-state index in [1.165, 1.54) is 0 Å². The molecular weight excluding hydrogens is 384 g/mol. The van der Waals surface area contributed by atoms with Gasteiger partial charge in [0.25, 0.3) is 5.91 Å². The Morgan fingerprint density at radius 2 is 2.22 bits per heavy atom. The predicted molar refractivity (Wildman–Crippen MR) is 83.5 cm³/mol. The molecule has 2 atom stereocenters. The van der Waals surface area contributed by atoms with E-state index in [9.17, 15) is 4.79 Å². The summed E-state index contributed by atoms with van der Waals surface area (Å²) in [4.78, 5) is 12.2. The van der Waals surface area contributed by atoms with Crippen molar-refractivity contribution in [2.45, 2.75) is 25.3 Å². The number of hydrogen-bond acceptors (Lipinski definition) is 1. The van der Waals surface area contributed by atoms with Gasteiger partial charge in [0.15, 0.2) is 0 Å². The van der Waals surface area contributed by atoms with Gasteiger partial charge in [0.05, 0.1) is 5.56 Å². The minimum absolute atomic E-state index is 0.0519. The number of amides is 1. The van der Waals surface area contributed by atoms with Crippen LogP contribution in [0.5, 0.6) is 0 Å². The van der Waals surface area contributed by atoms with Gasteiger partial charge in [-0.25, -0.2) is 0 Å². The molecule has 98 valence electrons. The summed E-state index contributed by atoms with van der Waals surface area (Å²) >= 11 is 14.0. The first-order valence-corrected chi connectivity index (χ1v) is 7.93. The van der Waals surface area contributed by atoms with Crippen LogP contribution in [0, 0.1) is 9.49 Å². The fourth-order valence-electron chi connectivity index (χ4n) is 2.33. The first-order valence-electron chi connectivity index (χ1n) is 5.93. The van der Waals surface area contributed by atoms with Crippen molar-refractivity contribution in [1.82, 2.24) is 5.32 Å². The minimum Gasteiger partial charge on any atom is -0.349 e. The van der Waals surface area contributed by atoms with E-state index in [1.54, 1.807) is 12.1 Å². The van der Waals surface area contributed by atoms with Gasteiger partial charge in [-0.2, -0.15) is 0 Å². The maximum atomic E-state index is 12.2. The van der Waals surface area contributed by atoms with Crippen LogP contribution in [0.4, 0.5) is 0 Å². The lowest BCUT2D eigenvalue weighted by atomic mass is 10.1. The Labute approximate surface area is 131 Å². The Balaban J connectivity index is 2.09. The van der Waals surface area contributed by atoms with Gasteiger partial charge < -0.3 is 5.32 Å². The lowest BCUT2D eigenvalue weighted by molar-refractivity contribution is 0.0929. The molecule has 0 saturated heterocycles. The number of nitrogens with one attached hydrogen (secondary N) is 1. The van der Waals surface area contributed by atoms with Crippen molar-refractivity contribution in [2.75, 3.05) is 5.88 Å². The third kappa shape index (κ3) is 3.31. The van der Waals surface area contributed by atoms with Crippen LogP contribution in [0.1, 0.15) is 29.6 Å². The molecule has 1 N–H and O–H groups in total. The molecule has 1 aliphatic carbocycles. The molecule has 0 heterocycles. The third-order valence-corrected chi connectivity index (χ3v) is 4.92. The van der Waals surface area contributed by atoms with E-state index in [0.29, 0.717) is 22.4 Å². The van der Waals surface area contributed by atoms with Gasteiger partial charge in [0.2, 0.25) is 0 Å². The third-order valence-electron chi connectivity index (χ3n) is 3.35. The van der Waals surface area contributed by atoms with E-state index in [0.717, 1.165) is 22.8 Å². The standard InChI is InChI=1S/C13H14Cl2INO/c14-7-8-2-1-3-12(8)17-13(18)10-6-9(15)4-5-11(10)16/h4-6,8,12H,1-3,7H2,(H,17,18). The minimum atomic E-state index is -0.0519. The van der Waals surface area contributed by atoms with Crippen molar-refractivity contribution in [2.24, 2.45) is 5.92 Å². The van der Waals surface area contributed by atoms with Gasteiger partial charge in [0.1, 0.15) is 0 Å². The van der Waals surface area contributed by atoms with E-state index in [1.807, 2.05) is 6.07 Å². The highest BCUT2D eigenvalue weighted by atomic mass is 127. The monoisotopic (exact) mass is 397 g/mol. The van der Waals surface area contributed by atoms with E-state index in [2.05, 4.69) is 27.9 Å². The normalized spacial score (nSPS) is 23.1. The molecule has 0 aliphatic heterocycles. The van der Waals surface area contributed by atoms with Crippen LogP contribution in [-0.4, -0.2) is 17.8 Å². The highest BCUT2D eigenvalue weighted by Crippen LogP contribution is 2.27. The molecule has 2 nitrogen and oxygen atoms in total. The largest absolute Gasteiger partial charge is 0.349 e. The second-order valence-electron chi connectivity index (χ2n) is 4.55. The molecule has 1 aliphatic rings. The molecule has 1 amide bonds. The van der Waals surface area contributed by atoms with E-state index in [-0.39, 0.29) is 11.9 Å². The zero-order chi connectivity index (χ0) is 13.1. The quantitative estimate of drug-likeness (QED) is 0.604. The molecule has 2 unspecified atom stereocenters. The molecule has 0 aromatic heterocycles. The zero-order valence-electron chi connectivity index (χ0n) is 9.76.